The van der Waals surface area contributed by atoms with Crippen LogP contribution >= 0.6 is 11.6 Å². The van der Waals surface area contributed by atoms with Crippen LogP contribution in [0.15, 0.2) is 53.8 Å². The number of carbonyl (C=O) groups is 1. The summed E-state index contributed by atoms with van der Waals surface area (Å²) < 4.78 is 51.8. The van der Waals surface area contributed by atoms with E-state index in [1.165, 1.54) is 0 Å². The molecule has 38 heavy (non-hydrogen) atoms. The van der Waals surface area contributed by atoms with Crippen LogP contribution in [0, 0.1) is 5.92 Å². The number of halogens is 4. The number of pyridine rings is 1. The van der Waals surface area contributed by atoms with Gasteiger partial charge in [0.2, 0.25) is 5.88 Å². The number of nitrogens with zero attached hydrogens (tertiary/aromatic N) is 4. The minimum atomic E-state index is -4.73. The van der Waals surface area contributed by atoms with Crippen molar-refractivity contribution in [2.75, 3.05) is 29.6 Å². The zero-order chi connectivity index (χ0) is 27.6. The molecule has 0 aliphatic carbocycles. The maximum absolute atomic E-state index is 13.4. The second-order valence-electron chi connectivity index (χ2n) is 9.20. The van der Waals surface area contributed by atoms with Gasteiger partial charge in [0.1, 0.15) is 11.9 Å². The molecule has 0 bridgehead atoms. The highest BCUT2D eigenvalue weighted by molar-refractivity contribution is 6.33. The molecule has 2 aromatic rings. The monoisotopic (exact) mass is 552 g/mol. The number of alkyl halides is 3. The van der Waals surface area contributed by atoms with Crippen molar-refractivity contribution in [2.45, 2.75) is 45.0 Å². The normalized spacial score (nSPS) is 21.9. The fourth-order valence-corrected chi connectivity index (χ4v) is 4.87. The minimum Gasteiger partial charge on any atom is -0.490 e. The largest absolute Gasteiger partial charge is 0.490 e. The van der Waals surface area contributed by atoms with Crippen molar-refractivity contribution < 1.29 is 32.5 Å². The Morgan fingerprint density at radius 2 is 2.00 bits per heavy atom. The molecule has 0 saturated carbocycles. The van der Waals surface area contributed by atoms with Gasteiger partial charge in [0, 0.05) is 37.1 Å². The number of anilines is 2. The zero-order valence-electron chi connectivity index (χ0n) is 20.9. The van der Waals surface area contributed by atoms with Crippen molar-refractivity contribution in [1.29, 1.82) is 0 Å². The Labute approximate surface area is 223 Å². The first-order valence-corrected chi connectivity index (χ1v) is 12.5. The van der Waals surface area contributed by atoms with Gasteiger partial charge in [0.15, 0.2) is 5.71 Å². The quantitative estimate of drug-likeness (QED) is 0.458. The Morgan fingerprint density at radius 1 is 1.29 bits per heavy atom. The van der Waals surface area contributed by atoms with Gasteiger partial charge in [-0.15, -0.1) is 0 Å². The van der Waals surface area contributed by atoms with Crippen LogP contribution in [0.3, 0.4) is 0 Å². The molecular formula is C26H28ClF3N4O4. The zero-order valence-corrected chi connectivity index (χ0v) is 21.7. The van der Waals surface area contributed by atoms with Crippen molar-refractivity contribution in [2.24, 2.45) is 11.0 Å². The van der Waals surface area contributed by atoms with Crippen LogP contribution in [-0.2, 0) is 4.79 Å². The molecule has 8 nitrogen and oxygen atoms in total. The van der Waals surface area contributed by atoms with Crippen molar-refractivity contribution in [3.8, 4) is 11.6 Å². The van der Waals surface area contributed by atoms with Gasteiger partial charge in [0.25, 0.3) is 0 Å². The summed E-state index contributed by atoms with van der Waals surface area (Å²) in [5, 5.41) is 14.5. The molecule has 0 spiro atoms. The molecule has 4 rings (SSSR count). The lowest BCUT2D eigenvalue weighted by Gasteiger charge is -2.38. The van der Waals surface area contributed by atoms with Crippen molar-refractivity contribution in [1.82, 2.24) is 4.98 Å². The molecule has 1 saturated heterocycles. The van der Waals surface area contributed by atoms with Crippen molar-refractivity contribution in [3.63, 3.8) is 0 Å². The number of ether oxygens (including phenoxy) is 2. The van der Waals surface area contributed by atoms with Crippen LogP contribution in [0.4, 0.5) is 24.5 Å². The molecule has 1 N–H and O–H groups in total. The molecule has 1 aromatic carbocycles. The predicted octanol–water partition coefficient (Wildman–Crippen LogP) is 5.57. The van der Waals surface area contributed by atoms with E-state index in [0.717, 1.165) is 17.1 Å². The maximum Gasteiger partial charge on any atom is 0.435 e. The predicted molar refractivity (Wildman–Crippen MR) is 138 cm³/mol. The number of carboxylic acids is 1. The van der Waals surface area contributed by atoms with E-state index in [9.17, 15) is 23.1 Å². The lowest BCUT2D eigenvalue weighted by Crippen LogP contribution is -2.44. The van der Waals surface area contributed by atoms with E-state index < -0.39 is 30.3 Å². The summed E-state index contributed by atoms with van der Waals surface area (Å²) in [4.78, 5) is 17.6. The molecule has 0 radical (unpaired) electrons. The van der Waals surface area contributed by atoms with Crippen LogP contribution in [0.25, 0.3) is 0 Å². The van der Waals surface area contributed by atoms with Crippen molar-refractivity contribution in [3.05, 3.63) is 53.7 Å². The highest BCUT2D eigenvalue weighted by Crippen LogP contribution is 2.37. The number of carboxylic acid groups (broad SMARTS) is 1. The van der Waals surface area contributed by atoms with E-state index in [0.29, 0.717) is 42.0 Å². The molecule has 2 aliphatic heterocycles. The summed E-state index contributed by atoms with van der Waals surface area (Å²) >= 11 is 6.39. The standard InChI is InChI=1S/C26H28ClF3N4O4/c1-4-37-23-11-21(19(27)13-31-23)33-10-9-22(15(2)14-33)38-18-7-5-17(6-8-18)34-20(12-24(35)36)16(3)25(32-34)26(28,29)30/h5-8,11,13,15,20,22H,3-4,9-10,12,14H2,1-2H3,(H,35,36)/t15-,20-,22-/m0/s1. The number of aromatic nitrogens is 1. The third-order valence-corrected chi connectivity index (χ3v) is 6.80. The molecule has 1 aromatic heterocycles. The summed E-state index contributed by atoms with van der Waals surface area (Å²) in [6, 6.07) is 7.10. The van der Waals surface area contributed by atoms with E-state index in [4.69, 9.17) is 21.1 Å². The van der Waals surface area contributed by atoms with Gasteiger partial charge in [-0.3, -0.25) is 9.80 Å². The number of piperidine rings is 1. The number of hydrogen-bond acceptors (Lipinski definition) is 7. The summed E-state index contributed by atoms with van der Waals surface area (Å²) in [6.07, 6.45) is -3.09. The Balaban J connectivity index is 1.44. The lowest BCUT2D eigenvalue weighted by molar-refractivity contribution is -0.137. The average molecular weight is 553 g/mol. The van der Waals surface area contributed by atoms with Crippen molar-refractivity contribution >= 4 is 34.7 Å². The van der Waals surface area contributed by atoms with E-state index in [1.54, 1.807) is 30.5 Å². The summed E-state index contributed by atoms with van der Waals surface area (Å²) in [5.41, 5.74) is -0.387. The molecule has 1 fully saturated rings. The molecule has 3 atom stereocenters. The first kappa shape index (κ1) is 27.6. The van der Waals surface area contributed by atoms with Gasteiger partial charge in [-0.25, -0.2) is 4.98 Å². The first-order valence-electron chi connectivity index (χ1n) is 12.1. The van der Waals surface area contributed by atoms with Gasteiger partial charge in [-0.1, -0.05) is 25.1 Å². The molecule has 0 unspecified atom stereocenters. The number of hydrogen-bond donors (Lipinski definition) is 1. The SMILES string of the molecule is C=C1C(C(F)(F)F)=NN(c2ccc(O[C@H]3CCN(c4cc(OCC)ncc4Cl)C[C@@H]3C)cc2)[C@H]1CC(=O)O. The maximum atomic E-state index is 13.4. The number of benzene rings is 1. The second-order valence-corrected chi connectivity index (χ2v) is 9.61. The van der Waals surface area contributed by atoms with Gasteiger partial charge in [-0.2, -0.15) is 18.3 Å². The van der Waals surface area contributed by atoms with Crippen LogP contribution in [0.2, 0.25) is 5.02 Å². The van der Waals surface area contributed by atoms with Gasteiger partial charge in [-0.05, 0) is 31.2 Å². The topological polar surface area (TPSA) is 87.5 Å². The second kappa shape index (κ2) is 11.1. The fourth-order valence-electron chi connectivity index (χ4n) is 4.65. The number of aliphatic carboxylic acids is 1. The Hall–Kier alpha value is -3.47. The van der Waals surface area contributed by atoms with Crippen LogP contribution in [-0.4, -0.2) is 59.8 Å². The molecule has 2 aliphatic rings. The van der Waals surface area contributed by atoms with Crippen LogP contribution < -0.4 is 19.4 Å². The summed E-state index contributed by atoms with van der Waals surface area (Å²) in [6.45, 7) is 9.31. The van der Waals surface area contributed by atoms with E-state index in [1.807, 2.05) is 13.0 Å². The summed E-state index contributed by atoms with van der Waals surface area (Å²) in [7, 11) is 0. The van der Waals surface area contributed by atoms with E-state index >= 15 is 0 Å². The van der Waals surface area contributed by atoms with Gasteiger partial charge in [0.05, 0.1) is 41.7 Å². The lowest BCUT2D eigenvalue weighted by atomic mass is 9.96. The number of hydrazone groups is 1. The molecule has 204 valence electrons. The van der Waals surface area contributed by atoms with E-state index in [2.05, 4.69) is 28.5 Å². The Kier molecular flexibility index (Phi) is 8.05. The van der Waals surface area contributed by atoms with Gasteiger partial charge >= 0.3 is 12.1 Å². The first-order chi connectivity index (χ1) is 18.0. The number of rotatable bonds is 8. The summed E-state index contributed by atoms with van der Waals surface area (Å²) in [5.74, 6) is -0.0458. The van der Waals surface area contributed by atoms with Crippen LogP contribution in [0.1, 0.15) is 26.7 Å². The highest BCUT2D eigenvalue weighted by atomic mass is 35.5. The van der Waals surface area contributed by atoms with E-state index in [-0.39, 0.29) is 17.6 Å². The average Bonchev–Trinajstić information content (AvgIpc) is 3.18. The third kappa shape index (κ3) is 5.98. The van der Waals surface area contributed by atoms with Gasteiger partial charge < -0.3 is 19.5 Å². The van der Waals surface area contributed by atoms with Crippen LogP contribution in [0.5, 0.6) is 11.6 Å². The fraction of sp³-hybridized carbons (Fsp3) is 0.423. The minimum absolute atomic E-state index is 0.0924. The smallest absolute Gasteiger partial charge is 0.435 e. The third-order valence-electron chi connectivity index (χ3n) is 6.50. The molecule has 12 heteroatoms. The Bertz CT molecular complexity index is 1220. The Morgan fingerprint density at radius 3 is 2.61 bits per heavy atom. The highest BCUT2D eigenvalue weighted by Gasteiger charge is 2.46. The molecular weight excluding hydrogens is 525 g/mol. The molecule has 3 heterocycles. The molecule has 0 amide bonds.